The molecular weight excluding hydrogens is 1180 g/mol. The molecule has 0 unspecified atom stereocenters. The molecule has 0 saturated heterocycles. The summed E-state index contributed by atoms with van der Waals surface area (Å²) in [5, 5.41) is 0. The van der Waals surface area contributed by atoms with Crippen LogP contribution in [0.1, 0.15) is 0 Å². The van der Waals surface area contributed by atoms with Crippen LogP contribution in [0.25, 0.3) is 22.4 Å². The maximum absolute atomic E-state index is 7.10. The zero-order chi connectivity index (χ0) is 78.2. The molecule has 3 aromatic rings. The molecule has 3 rings (SSSR count). The predicted molar refractivity (Wildman–Crippen MR) is 555 cm³/mol. The molecule has 0 saturated carbocycles. The van der Waals surface area contributed by atoms with Crippen molar-refractivity contribution in [1.29, 1.82) is 0 Å². The number of rotatable bonds is 41. The second-order valence-electron chi connectivity index (χ2n) is 27.4. The average molecular weight is 1200 g/mol. The van der Waals surface area contributed by atoms with Gasteiger partial charge in [-0.2, -0.15) is 0 Å². The number of aromatic nitrogens is 1. The van der Waals surface area contributed by atoms with E-state index in [0.29, 0.717) is 0 Å². The second kappa shape index (κ2) is 47.3. The number of pyridine rings is 1. The monoisotopic (exact) mass is 1210 g/mol. The van der Waals surface area contributed by atoms with Gasteiger partial charge in [-0.3, -0.25) is 4.98 Å². The summed E-state index contributed by atoms with van der Waals surface area (Å²) in [5.41, 5.74) is 4.54. The van der Waals surface area contributed by atoms with Crippen molar-refractivity contribution >= 4 is 596 Å². The quantitative estimate of drug-likeness (QED) is 0.0516. The van der Waals surface area contributed by atoms with Crippen LogP contribution in [0.3, 0.4) is 0 Å². The van der Waals surface area contributed by atoms with Crippen molar-refractivity contribution < 1.29 is 0 Å². The molecule has 0 fully saturated rings. The van der Waals surface area contributed by atoms with Gasteiger partial charge < -0.3 is 0 Å². The Labute approximate surface area is 694 Å². The number of hydrogen-bond donors (Lipinski definition) is 0. The van der Waals surface area contributed by atoms with Crippen molar-refractivity contribution in [2.75, 3.05) is 0 Å². The molecule has 0 atom stereocenters. The van der Waals surface area contributed by atoms with E-state index in [1.54, 1.807) is 0 Å². The van der Waals surface area contributed by atoms with E-state index in [4.69, 9.17) is 325 Å². The van der Waals surface area contributed by atoms with E-state index in [0.717, 1.165) is 15.7 Å². The lowest BCUT2D eigenvalue weighted by Gasteiger charge is -2.61. The Morgan fingerprint density at radius 2 is 0.347 bits per heavy atom. The van der Waals surface area contributed by atoms with Crippen LogP contribution in [-0.2, 0) is 0 Å². The Balaban J connectivity index is 0.00000154. The van der Waals surface area contributed by atoms with Gasteiger partial charge in [0.15, 0.2) is 0 Å². The summed E-state index contributed by atoms with van der Waals surface area (Å²) in [6.45, 7) is 0. The fourth-order valence-electron chi connectivity index (χ4n) is 16.7. The van der Waals surface area contributed by atoms with Gasteiger partial charge in [-0.1, -0.05) is 64.5 Å². The SMILES string of the molecule is Brc1ccccc1-c1ccc(-c2ccccn2)cc1.[B]B([B])B(B([B])[B])B(B([B])[B])B(B(B([B])[B])B([B])[B])B(B(B(B(B([B])[B])B([B])[B])B(B([B])[B])B([B])[B])B(B(B([B])[B])B([B])[B])B(B([B])[B])B([B])[B])B(B(B(B([B])[B])B([B])[B])B(B([B])[B])B([B])[B])B(B(B([B])[B])B([B])[B])B(B([B])[B])B([B])[B]. The average Bonchev–Trinajstić information content (AvgIpc) is 0.715. The highest BCUT2D eigenvalue weighted by molar-refractivity contribution is 9.10. The van der Waals surface area contributed by atoms with Crippen molar-refractivity contribution in [2.45, 2.75) is 0 Å². The molecular formula is C17H12B82BrN. The van der Waals surface area contributed by atoms with Gasteiger partial charge in [-0.15, -0.1) is 0 Å². The summed E-state index contributed by atoms with van der Waals surface area (Å²) in [6.07, 6.45) is -66.3. The molecule has 0 aliphatic carbocycles. The molecule has 101 heavy (non-hydrogen) atoms. The Morgan fingerprint density at radius 1 is 0.178 bits per heavy atom. The van der Waals surface area contributed by atoms with Crippen molar-refractivity contribution in [1.82, 2.24) is 4.98 Å². The summed E-state index contributed by atoms with van der Waals surface area (Å²) in [5.74, 6) is 0. The first-order chi connectivity index (χ1) is 46.6. The van der Waals surface area contributed by atoms with Crippen LogP contribution in [-0.4, -0.2) is 585 Å². The van der Waals surface area contributed by atoms with E-state index in [2.05, 4.69) is 57.3 Å². The van der Waals surface area contributed by atoms with E-state index in [1.807, 2.05) is 36.5 Å². The van der Waals surface area contributed by atoms with Crippen LogP contribution < -0.4 is 0 Å². The third-order valence-electron chi connectivity index (χ3n) is 20.4. The molecule has 0 amide bonds. The third-order valence-corrected chi connectivity index (χ3v) is 21.1. The number of benzene rings is 2. The summed E-state index contributed by atoms with van der Waals surface area (Å²) in [4.78, 5) is 4.36. The Kier molecular flexibility index (Phi) is 47.0. The van der Waals surface area contributed by atoms with Crippen LogP contribution >= 0.6 is 15.9 Å². The van der Waals surface area contributed by atoms with Gasteiger partial charge in [-0.25, -0.2) is 0 Å². The summed E-state index contributed by atoms with van der Waals surface area (Å²) < 4.78 is 1.11. The first-order valence-electron chi connectivity index (χ1n) is 33.1. The first kappa shape index (κ1) is 100. The first-order valence-corrected chi connectivity index (χ1v) is 33.9. The topological polar surface area (TPSA) is 12.9 Å². The van der Waals surface area contributed by atoms with Crippen molar-refractivity contribution in [2.24, 2.45) is 0 Å². The number of halogens is 1. The summed E-state index contributed by atoms with van der Waals surface area (Å²) >= 11 is 3.58. The Bertz CT molecular complexity index is 2360. The van der Waals surface area contributed by atoms with E-state index in [1.165, 1.54) is 11.1 Å². The second-order valence-corrected chi connectivity index (χ2v) is 28.2. The normalized spacial score (nSPS) is 9.91. The zero-order valence-electron chi connectivity index (χ0n) is 57.6. The van der Waals surface area contributed by atoms with E-state index in [9.17, 15) is 0 Å². The van der Waals surface area contributed by atoms with E-state index >= 15 is 0 Å². The van der Waals surface area contributed by atoms with Gasteiger partial charge in [-0.05, 0) is 29.3 Å². The van der Waals surface area contributed by atoms with Crippen LogP contribution in [0.5, 0.6) is 0 Å². The Morgan fingerprint density at radius 3 is 0.535 bits per heavy atom. The molecule has 0 N–H and O–H groups in total. The summed E-state index contributed by atoms with van der Waals surface area (Å²) in [7, 11) is 289. The molecule has 1 nitrogen and oxygen atoms in total. The minimum Gasteiger partial charge on any atom is -0.256 e. The van der Waals surface area contributed by atoms with Gasteiger partial charge in [0.05, 0.1) is 5.69 Å². The molecule has 2 aromatic carbocycles. The van der Waals surface area contributed by atoms with Crippen LogP contribution in [0.15, 0.2) is 77.4 Å². The maximum atomic E-state index is 7.10. The van der Waals surface area contributed by atoms with Crippen molar-refractivity contribution in [3.8, 4) is 22.4 Å². The van der Waals surface area contributed by atoms with Crippen molar-refractivity contribution in [3.63, 3.8) is 0 Å². The lowest BCUT2D eigenvalue weighted by molar-refractivity contribution is 1.33. The predicted octanol–water partition coefficient (Wildman–Crippen LogP) is -26.0. The van der Waals surface area contributed by atoms with E-state index < -0.39 is 255 Å². The van der Waals surface area contributed by atoms with Crippen molar-refractivity contribution in [3.05, 3.63) is 77.4 Å². The fourth-order valence-corrected chi connectivity index (χ4v) is 17.2. The van der Waals surface area contributed by atoms with E-state index in [-0.39, 0.29) is 0 Å². The van der Waals surface area contributed by atoms with Gasteiger partial charge in [0.25, 0.3) is 0 Å². The fraction of sp³-hybridized carbons (Fsp3) is 0. The highest BCUT2D eigenvalue weighted by atomic mass is 79.9. The molecule has 1 heterocycles. The molecule has 0 aliphatic rings. The molecule has 0 aliphatic heterocycles. The molecule has 0 bridgehead atoms. The molecule has 338 valence electrons. The zero-order valence-corrected chi connectivity index (χ0v) is 59.2. The largest absolute Gasteiger partial charge is 0.256 e. The highest BCUT2D eigenvalue weighted by Crippen LogP contribution is 2.31. The van der Waals surface area contributed by atoms with Gasteiger partial charge in [0.2, 0.25) is 0 Å². The van der Waals surface area contributed by atoms with Crippen LogP contribution in [0.4, 0.5) is 0 Å². The van der Waals surface area contributed by atoms with Crippen LogP contribution in [0, 0.1) is 0 Å². The minimum absolute atomic E-state index is 1.00. The molecule has 0 spiro atoms. The lowest BCUT2D eigenvalue weighted by Crippen LogP contribution is -3.00. The maximum Gasteiger partial charge on any atom is 0.0701 e. The Hall–Kier alpha value is 3.39. The molecule has 84 heteroatoms. The smallest absolute Gasteiger partial charge is 0.0701 e. The molecule has 1 aromatic heterocycles. The molecule has 84 radical (unpaired) electrons. The highest BCUT2D eigenvalue weighted by Gasteiger charge is 2.66. The standard InChI is InChI=1S/C17H12BrN.B82/c18-16-6-2-1-5-15(16)13-8-10-14(11-9-13)17-7-3-4-12-19-17;1-43(2)64(44(3)4)74(63(41)42)79(73(61(37)38)62(39)40)82(80(75(65(45(5)6)46(7)8)66(47(9)10)48(11)12)76(67(49(13)14)50(15)16)68(51(17)18)52(19)20)81(77(69(53(21)22)54(23)24)70(55(25)26)56(27)28)78(71(57(29)30)58(31)32)72(59(33)34)60(35)36/h1-12H;. The third kappa shape index (κ3) is 27.6. The van der Waals surface area contributed by atoms with Gasteiger partial charge in [0.1, 0.15) is 0 Å². The van der Waals surface area contributed by atoms with Crippen LogP contribution in [0.2, 0.25) is 0 Å². The van der Waals surface area contributed by atoms with Gasteiger partial charge in [0, 0.05) is 597 Å². The number of nitrogens with zero attached hydrogens (tertiary/aromatic N) is 1. The summed E-state index contributed by atoms with van der Waals surface area (Å²) in [6, 6.07) is 22.7. The minimum atomic E-state index is -1.97. The lowest BCUT2D eigenvalue weighted by atomic mass is 8.20. The number of hydrogen-bond acceptors (Lipinski definition) is 1. The van der Waals surface area contributed by atoms with Gasteiger partial charge >= 0.3 is 0 Å².